The molecular weight excluding hydrogens is 290 g/mol. The number of hydrogen-bond acceptors (Lipinski definition) is 5. The van der Waals surface area contributed by atoms with Crippen molar-refractivity contribution in [3.63, 3.8) is 0 Å². The summed E-state index contributed by atoms with van der Waals surface area (Å²) in [6.45, 7) is 4.61. The van der Waals surface area contributed by atoms with Crippen LogP contribution >= 0.6 is 10.7 Å². The largest absolute Gasteiger partial charge is 0.299 e. The van der Waals surface area contributed by atoms with E-state index < -0.39 is 9.05 Å². The van der Waals surface area contributed by atoms with Gasteiger partial charge in [-0.05, 0) is 19.4 Å². The zero-order valence-corrected chi connectivity index (χ0v) is 12.4. The maximum Gasteiger partial charge on any atom is 0.296 e. The normalized spacial score (nSPS) is 12.0. The van der Waals surface area contributed by atoms with Crippen molar-refractivity contribution in [2.75, 3.05) is 0 Å². The van der Waals surface area contributed by atoms with Crippen molar-refractivity contribution >= 4 is 19.7 Å². The summed E-state index contributed by atoms with van der Waals surface area (Å²) < 4.78 is 25.8. The fourth-order valence-corrected chi connectivity index (χ4v) is 2.77. The first-order valence-corrected chi connectivity index (χ1v) is 8.10. The second-order valence-corrected chi connectivity index (χ2v) is 6.45. The van der Waals surface area contributed by atoms with E-state index in [1.165, 1.54) is 4.57 Å². The Kier molecular flexibility index (Phi) is 3.64. The van der Waals surface area contributed by atoms with Crippen LogP contribution in [-0.2, 0) is 29.1 Å². The lowest BCUT2D eigenvalue weighted by atomic mass is 10.3. The Balaban J connectivity index is 2.60. The van der Waals surface area contributed by atoms with Gasteiger partial charge in [-0.3, -0.25) is 9.25 Å². The smallest absolute Gasteiger partial charge is 0.296 e. The zero-order valence-electron chi connectivity index (χ0n) is 10.8. The molecular formula is C10H14ClN5O2S. The molecule has 0 bridgehead atoms. The van der Waals surface area contributed by atoms with Gasteiger partial charge in [-0.2, -0.15) is 5.10 Å². The minimum Gasteiger partial charge on any atom is -0.299 e. The summed E-state index contributed by atoms with van der Waals surface area (Å²) in [6.07, 6.45) is 0.790. The topological polar surface area (TPSA) is 82.7 Å². The van der Waals surface area contributed by atoms with E-state index >= 15 is 0 Å². The molecule has 0 aliphatic heterocycles. The van der Waals surface area contributed by atoms with E-state index in [9.17, 15) is 8.42 Å². The Morgan fingerprint density at radius 3 is 2.47 bits per heavy atom. The molecule has 0 aliphatic carbocycles. The highest BCUT2D eigenvalue weighted by molar-refractivity contribution is 8.13. The Morgan fingerprint density at radius 1 is 1.32 bits per heavy atom. The number of aromatic nitrogens is 5. The Morgan fingerprint density at radius 2 is 2.00 bits per heavy atom. The monoisotopic (exact) mass is 303 g/mol. The molecule has 0 spiro atoms. The van der Waals surface area contributed by atoms with E-state index in [2.05, 4.69) is 15.3 Å². The first-order chi connectivity index (χ1) is 8.88. The van der Waals surface area contributed by atoms with Crippen LogP contribution in [0.2, 0.25) is 0 Å². The zero-order chi connectivity index (χ0) is 14.2. The highest BCUT2D eigenvalue weighted by atomic mass is 35.7. The Bertz CT molecular complexity index is 704. The third-order valence-corrected chi connectivity index (χ3v) is 3.98. The van der Waals surface area contributed by atoms with Gasteiger partial charge in [0.25, 0.3) is 14.2 Å². The summed E-state index contributed by atoms with van der Waals surface area (Å²) in [5.74, 6) is 0.424. The van der Waals surface area contributed by atoms with Crippen LogP contribution in [0.25, 0.3) is 11.5 Å². The summed E-state index contributed by atoms with van der Waals surface area (Å²) >= 11 is 0. The molecule has 0 aromatic carbocycles. The fourth-order valence-electron chi connectivity index (χ4n) is 1.81. The maximum absolute atomic E-state index is 11.3. The van der Waals surface area contributed by atoms with Gasteiger partial charge < -0.3 is 0 Å². The average Bonchev–Trinajstić information content (AvgIpc) is 2.90. The molecule has 7 nitrogen and oxygen atoms in total. The van der Waals surface area contributed by atoms with Gasteiger partial charge in [0.15, 0.2) is 5.82 Å². The van der Waals surface area contributed by atoms with Crippen molar-refractivity contribution in [1.29, 1.82) is 0 Å². The molecule has 9 heteroatoms. The second kappa shape index (κ2) is 4.93. The van der Waals surface area contributed by atoms with E-state index in [0.717, 1.165) is 17.8 Å². The molecule has 104 valence electrons. The number of nitrogens with zero attached hydrogens (tertiary/aromatic N) is 5. The fraction of sp³-hybridized carbons (Fsp3) is 0.500. The third-order valence-electron chi connectivity index (χ3n) is 2.77. The maximum atomic E-state index is 11.3. The number of aryl methyl sites for hydroxylation is 2. The number of halogens is 1. The molecule has 2 aromatic rings. The van der Waals surface area contributed by atoms with Crippen LogP contribution < -0.4 is 0 Å². The van der Waals surface area contributed by atoms with Crippen LogP contribution in [0.5, 0.6) is 0 Å². The molecule has 0 amide bonds. The quantitative estimate of drug-likeness (QED) is 0.792. The number of rotatable bonds is 4. The predicted octanol–water partition coefficient (Wildman–Crippen LogP) is 1.19. The van der Waals surface area contributed by atoms with Crippen LogP contribution in [0.1, 0.15) is 19.5 Å². The van der Waals surface area contributed by atoms with Crippen molar-refractivity contribution in [2.24, 2.45) is 7.05 Å². The molecule has 0 radical (unpaired) electrons. The first kappa shape index (κ1) is 14.0. The van der Waals surface area contributed by atoms with Crippen LogP contribution in [0, 0.1) is 0 Å². The average molecular weight is 304 g/mol. The second-order valence-electron chi connectivity index (χ2n) is 3.99. The molecule has 2 aromatic heterocycles. The highest BCUT2D eigenvalue weighted by Gasteiger charge is 2.23. The summed E-state index contributed by atoms with van der Waals surface area (Å²) in [5.41, 5.74) is 1.64. The van der Waals surface area contributed by atoms with Gasteiger partial charge in [0, 0.05) is 24.3 Å². The van der Waals surface area contributed by atoms with Crippen LogP contribution in [0.4, 0.5) is 0 Å². The van der Waals surface area contributed by atoms with E-state index in [0.29, 0.717) is 12.4 Å². The van der Waals surface area contributed by atoms with Crippen molar-refractivity contribution in [1.82, 2.24) is 24.5 Å². The SMILES string of the molecule is CCc1cc(-c2nnc(S(=O)(=O)Cl)n2C)n(CC)n1. The molecule has 0 atom stereocenters. The van der Waals surface area contributed by atoms with Gasteiger partial charge in [-0.1, -0.05) is 6.92 Å². The van der Waals surface area contributed by atoms with E-state index in [1.54, 1.807) is 11.7 Å². The Labute approximate surface area is 115 Å². The lowest BCUT2D eigenvalue weighted by molar-refractivity contribution is 0.592. The van der Waals surface area contributed by atoms with Crippen molar-refractivity contribution in [2.45, 2.75) is 32.0 Å². The van der Waals surface area contributed by atoms with Gasteiger partial charge >= 0.3 is 0 Å². The number of hydrogen-bond donors (Lipinski definition) is 0. The molecule has 19 heavy (non-hydrogen) atoms. The molecule has 0 saturated carbocycles. The van der Waals surface area contributed by atoms with Crippen molar-refractivity contribution < 1.29 is 8.42 Å². The summed E-state index contributed by atoms with van der Waals surface area (Å²) in [5, 5.41) is 11.6. The third kappa shape index (κ3) is 2.50. The minimum absolute atomic E-state index is 0.272. The lowest BCUT2D eigenvalue weighted by Crippen LogP contribution is -2.06. The standard InChI is InChI=1S/C10H14ClN5O2S/c1-4-7-6-8(16(5-2)14-7)9-12-13-10(15(9)3)19(11,17)18/h6H,4-5H2,1-3H3. The molecule has 0 N–H and O–H groups in total. The summed E-state index contributed by atoms with van der Waals surface area (Å²) in [7, 11) is 2.95. The van der Waals surface area contributed by atoms with Crippen molar-refractivity contribution in [3.05, 3.63) is 11.8 Å². The Hall–Kier alpha value is -1.41. The summed E-state index contributed by atoms with van der Waals surface area (Å²) in [4.78, 5) is 0. The molecule has 0 fully saturated rings. The van der Waals surface area contributed by atoms with Gasteiger partial charge in [0.2, 0.25) is 0 Å². The van der Waals surface area contributed by atoms with E-state index in [1.807, 2.05) is 19.9 Å². The first-order valence-electron chi connectivity index (χ1n) is 5.79. The molecule has 2 heterocycles. The highest BCUT2D eigenvalue weighted by Crippen LogP contribution is 2.22. The molecule has 0 unspecified atom stereocenters. The van der Waals surface area contributed by atoms with E-state index in [-0.39, 0.29) is 5.16 Å². The van der Waals surface area contributed by atoms with Crippen LogP contribution in [-0.4, -0.2) is 33.0 Å². The van der Waals surface area contributed by atoms with Gasteiger partial charge in [-0.15, -0.1) is 10.2 Å². The lowest BCUT2D eigenvalue weighted by Gasteiger charge is -2.04. The van der Waals surface area contributed by atoms with E-state index in [4.69, 9.17) is 10.7 Å². The predicted molar refractivity (Wildman–Crippen MR) is 70.3 cm³/mol. The van der Waals surface area contributed by atoms with Gasteiger partial charge in [0.05, 0.1) is 5.69 Å². The molecule has 0 aliphatic rings. The summed E-state index contributed by atoms with van der Waals surface area (Å²) in [6, 6.07) is 1.87. The van der Waals surface area contributed by atoms with Gasteiger partial charge in [-0.25, -0.2) is 8.42 Å². The van der Waals surface area contributed by atoms with Crippen molar-refractivity contribution in [3.8, 4) is 11.5 Å². The minimum atomic E-state index is -3.91. The van der Waals surface area contributed by atoms with Gasteiger partial charge in [0.1, 0.15) is 5.69 Å². The molecule has 0 saturated heterocycles. The van der Waals surface area contributed by atoms with Crippen LogP contribution in [0.3, 0.4) is 0 Å². The molecule has 2 rings (SSSR count). The van der Waals surface area contributed by atoms with Crippen LogP contribution in [0.15, 0.2) is 11.2 Å².